The Balaban J connectivity index is 2.78. The van der Waals surface area contributed by atoms with E-state index in [1.54, 1.807) is 6.20 Å². The van der Waals surface area contributed by atoms with Crippen molar-refractivity contribution in [3.8, 4) is 0 Å². The lowest BCUT2D eigenvalue weighted by Gasteiger charge is -2.05. The van der Waals surface area contributed by atoms with Gasteiger partial charge in [0.15, 0.2) is 0 Å². The number of nitrogens with zero attached hydrogens (tertiary/aromatic N) is 2. The highest BCUT2D eigenvalue weighted by Gasteiger charge is 2.04. The lowest BCUT2D eigenvalue weighted by molar-refractivity contribution is -0.134. The van der Waals surface area contributed by atoms with E-state index in [4.69, 9.17) is 5.11 Å². The third kappa shape index (κ3) is 2.95. The molecule has 0 fully saturated rings. The maximum atomic E-state index is 10.3. The zero-order chi connectivity index (χ0) is 10.6. The van der Waals surface area contributed by atoms with E-state index >= 15 is 0 Å². The Morgan fingerprint density at radius 3 is 3.00 bits per heavy atom. The molecule has 6 heteroatoms. The summed E-state index contributed by atoms with van der Waals surface area (Å²) in [5.41, 5.74) is 0. The first-order valence-electron chi connectivity index (χ1n) is 4.10. The number of rotatable bonds is 4. The highest BCUT2D eigenvalue weighted by Crippen LogP contribution is 2.18. The minimum Gasteiger partial charge on any atom is -0.480 e. The summed E-state index contributed by atoms with van der Waals surface area (Å²) in [5, 5.41) is 11.2. The number of aliphatic carboxylic acids is 1. The maximum Gasteiger partial charge on any atom is 0.322 e. The first-order valence-corrected chi connectivity index (χ1v) is 4.90. The Bertz CT molecular complexity index is 343. The Kier molecular flexibility index (Phi) is 3.82. The molecule has 0 spiro atoms. The van der Waals surface area contributed by atoms with Gasteiger partial charge in [0.1, 0.15) is 18.2 Å². The number of aromatic nitrogens is 2. The highest BCUT2D eigenvalue weighted by atomic mass is 79.9. The van der Waals surface area contributed by atoms with Crippen molar-refractivity contribution in [3.05, 3.63) is 16.5 Å². The summed E-state index contributed by atoms with van der Waals surface area (Å²) in [6, 6.07) is 0. The number of anilines is 1. The normalized spacial score (nSPS) is 9.86. The van der Waals surface area contributed by atoms with Crippen LogP contribution in [0.4, 0.5) is 5.82 Å². The van der Waals surface area contributed by atoms with Crippen LogP contribution in [0.3, 0.4) is 0 Å². The molecule has 0 amide bonds. The SMILES string of the molecule is CCc1ncc(Br)c(NCC(=O)O)n1. The third-order valence-corrected chi connectivity index (χ3v) is 2.10. The fourth-order valence-electron chi connectivity index (χ4n) is 0.857. The molecule has 1 aromatic heterocycles. The second-order valence-corrected chi connectivity index (χ2v) is 3.44. The molecule has 0 atom stereocenters. The molecule has 14 heavy (non-hydrogen) atoms. The Hall–Kier alpha value is -1.17. The second kappa shape index (κ2) is 4.90. The summed E-state index contributed by atoms with van der Waals surface area (Å²) < 4.78 is 0.663. The van der Waals surface area contributed by atoms with Gasteiger partial charge in [0, 0.05) is 12.6 Å². The average Bonchev–Trinajstić information content (AvgIpc) is 2.16. The van der Waals surface area contributed by atoms with Gasteiger partial charge in [-0.2, -0.15) is 0 Å². The van der Waals surface area contributed by atoms with Crippen molar-refractivity contribution in [2.45, 2.75) is 13.3 Å². The van der Waals surface area contributed by atoms with Crippen LogP contribution in [0, 0.1) is 0 Å². The topological polar surface area (TPSA) is 75.1 Å². The fraction of sp³-hybridized carbons (Fsp3) is 0.375. The molecule has 0 saturated carbocycles. The molecule has 1 heterocycles. The number of carboxylic acid groups (broad SMARTS) is 1. The standard InChI is InChI=1S/C8H10BrN3O2/c1-2-6-10-3-5(9)8(12-6)11-4-7(13)14/h3H,2,4H2,1H3,(H,13,14)(H,10,11,12). The van der Waals surface area contributed by atoms with Crippen LogP contribution in [0.25, 0.3) is 0 Å². The number of aryl methyl sites for hydroxylation is 1. The van der Waals surface area contributed by atoms with E-state index in [1.165, 1.54) is 0 Å². The van der Waals surface area contributed by atoms with E-state index < -0.39 is 5.97 Å². The summed E-state index contributed by atoms with van der Waals surface area (Å²) in [6.07, 6.45) is 2.32. The smallest absolute Gasteiger partial charge is 0.322 e. The van der Waals surface area contributed by atoms with Crippen LogP contribution >= 0.6 is 15.9 Å². The van der Waals surface area contributed by atoms with E-state index in [1.807, 2.05) is 6.92 Å². The summed E-state index contributed by atoms with van der Waals surface area (Å²) in [7, 11) is 0. The van der Waals surface area contributed by atoms with Crippen molar-refractivity contribution in [1.29, 1.82) is 0 Å². The predicted octanol–water partition coefficient (Wildman–Crippen LogP) is 1.30. The van der Waals surface area contributed by atoms with Crippen molar-refractivity contribution in [1.82, 2.24) is 9.97 Å². The lowest BCUT2D eigenvalue weighted by Crippen LogP contribution is -2.14. The summed E-state index contributed by atoms with van der Waals surface area (Å²) in [6.45, 7) is 1.78. The van der Waals surface area contributed by atoms with Crippen molar-refractivity contribution in [3.63, 3.8) is 0 Å². The summed E-state index contributed by atoms with van der Waals surface area (Å²) in [4.78, 5) is 18.5. The van der Waals surface area contributed by atoms with Gasteiger partial charge in [0.2, 0.25) is 0 Å². The first-order chi connectivity index (χ1) is 6.63. The molecule has 0 bridgehead atoms. The Morgan fingerprint density at radius 1 is 1.71 bits per heavy atom. The number of hydrogen-bond acceptors (Lipinski definition) is 4. The minimum atomic E-state index is -0.923. The first kappa shape index (κ1) is 10.9. The van der Waals surface area contributed by atoms with Gasteiger partial charge in [-0.15, -0.1) is 0 Å². The van der Waals surface area contributed by atoms with E-state index in [9.17, 15) is 4.79 Å². The molecule has 0 aliphatic carbocycles. The average molecular weight is 260 g/mol. The highest BCUT2D eigenvalue weighted by molar-refractivity contribution is 9.10. The van der Waals surface area contributed by atoms with Crippen LogP contribution in [0.2, 0.25) is 0 Å². The molecule has 0 aliphatic rings. The van der Waals surface area contributed by atoms with Crippen molar-refractivity contribution in [2.24, 2.45) is 0 Å². The van der Waals surface area contributed by atoms with Crippen molar-refractivity contribution >= 4 is 27.7 Å². The van der Waals surface area contributed by atoms with E-state index in [2.05, 4.69) is 31.2 Å². The quantitative estimate of drug-likeness (QED) is 0.853. The molecule has 1 aromatic rings. The zero-order valence-electron chi connectivity index (χ0n) is 7.62. The van der Waals surface area contributed by atoms with Gasteiger partial charge in [-0.05, 0) is 15.9 Å². The van der Waals surface area contributed by atoms with Crippen molar-refractivity contribution in [2.75, 3.05) is 11.9 Å². The van der Waals surface area contributed by atoms with Crippen LogP contribution in [0.5, 0.6) is 0 Å². The molecule has 2 N–H and O–H groups in total. The number of hydrogen-bond donors (Lipinski definition) is 2. The molecule has 1 rings (SSSR count). The molecule has 76 valence electrons. The van der Waals surface area contributed by atoms with Crippen LogP contribution < -0.4 is 5.32 Å². The van der Waals surface area contributed by atoms with Gasteiger partial charge >= 0.3 is 5.97 Å². The van der Waals surface area contributed by atoms with Crippen LogP contribution in [-0.4, -0.2) is 27.6 Å². The van der Waals surface area contributed by atoms with Gasteiger partial charge in [-0.25, -0.2) is 9.97 Å². The summed E-state index contributed by atoms with van der Waals surface area (Å²) >= 11 is 3.23. The van der Waals surface area contributed by atoms with Crippen molar-refractivity contribution < 1.29 is 9.90 Å². The number of halogens is 1. The van der Waals surface area contributed by atoms with Crippen LogP contribution in [-0.2, 0) is 11.2 Å². The maximum absolute atomic E-state index is 10.3. The Labute approximate surface area is 89.7 Å². The third-order valence-electron chi connectivity index (χ3n) is 1.52. The molecule has 0 radical (unpaired) electrons. The van der Waals surface area contributed by atoms with Gasteiger partial charge < -0.3 is 10.4 Å². The van der Waals surface area contributed by atoms with Gasteiger partial charge in [0.05, 0.1) is 4.47 Å². The molecule has 0 unspecified atom stereocenters. The summed E-state index contributed by atoms with van der Waals surface area (Å²) in [5.74, 6) is 0.272. The molecule has 5 nitrogen and oxygen atoms in total. The van der Waals surface area contributed by atoms with Gasteiger partial charge in [0.25, 0.3) is 0 Å². The van der Waals surface area contributed by atoms with E-state index in [-0.39, 0.29) is 6.54 Å². The molecular formula is C8H10BrN3O2. The fourth-order valence-corrected chi connectivity index (χ4v) is 1.19. The lowest BCUT2D eigenvalue weighted by atomic mass is 10.4. The van der Waals surface area contributed by atoms with E-state index in [0.717, 1.165) is 6.42 Å². The zero-order valence-corrected chi connectivity index (χ0v) is 9.21. The number of carboxylic acids is 1. The van der Waals surface area contributed by atoms with E-state index in [0.29, 0.717) is 16.1 Å². The minimum absolute atomic E-state index is 0.154. The Morgan fingerprint density at radius 2 is 2.43 bits per heavy atom. The van der Waals surface area contributed by atoms with Crippen LogP contribution in [0.15, 0.2) is 10.7 Å². The monoisotopic (exact) mass is 259 g/mol. The number of carbonyl (C=O) groups is 1. The largest absolute Gasteiger partial charge is 0.480 e. The van der Waals surface area contributed by atoms with Gasteiger partial charge in [-0.1, -0.05) is 6.92 Å². The second-order valence-electron chi connectivity index (χ2n) is 2.58. The predicted molar refractivity (Wildman–Crippen MR) is 55.2 cm³/mol. The van der Waals surface area contributed by atoms with Crippen LogP contribution in [0.1, 0.15) is 12.7 Å². The molecule has 0 saturated heterocycles. The molecular weight excluding hydrogens is 250 g/mol. The molecule has 0 aromatic carbocycles. The number of nitrogens with one attached hydrogen (secondary N) is 1. The molecule has 0 aliphatic heterocycles. The van der Waals surface area contributed by atoms with Gasteiger partial charge in [-0.3, -0.25) is 4.79 Å².